The first kappa shape index (κ1) is 16.0. The molecule has 0 bridgehead atoms. The molecule has 0 radical (unpaired) electrons. The second-order valence-electron chi connectivity index (χ2n) is 6.05. The molecule has 1 aromatic heterocycles. The van der Waals surface area contributed by atoms with Crippen LogP contribution in [-0.4, -0.2) is 40.3 Å². The highest BCUT2D eigenvalue weighted by Gasteiger charge is 2.22. The van der Waals surface area contributed by atoms with Gasteiger partial charge < -0.3 is 10.6 Å². The van der Waals surface area contributed by atoms with Crippen LogP contribution in [0.25, 0.3) is 5.69 Å². The summed E-state index contributed by atoms with van der Waals surface area (Å²) in [6.07, 6.45) is 0. The largest absolute Gasteiger partial charge is 0.349 e. The monoisotopic (exact) mass is 333 g/mol. The van der Waals surface area contributed by atoms with Crippen LogP contribution in [0, 0.1) is 5.92 Å². The molecule has 1 amide bonds. The number of carbonyl (C=O) groups excluding carboxylic acids is 1. The van der Waals surface area contributed by atoms with Gasteiger partial charge >= 0.3 is 0 Å². The van der Waals surface area contributed by atoms with Crippen molar-refractivity contribution in [3.63, 3.8) is 0 Å². The molecule has 2 N–H and O–H groups in total. The van der Waals surface area contributed by atoms with Crippen LogP contribution < -0.4 is 10.6 Å². The number of nitrogens with one attached hydrogen (secondary N) is 2. The van der Waals surface area contributed by atoms with E-state index in [1.165, 1.54) is 0 Å². The number of carbonyl (C=O) groups is 1. The molecule has 2 aromatic rings. The summed E-state index contributed by atoms with van der Waals surface area (Å²) >= 11 is 6.26. The molecule has 122 valence electrons. The summed E-state index contributed by atoms with van der Waals surface area (Å²) in [5, 5.41) is 11.0. The van der Waals surface area contributed by atoms with E-state index in [1.54, 1.807) is 10.7 Å². The summed E-state index contributed by atoms with van der Waals surface area (Å²) < 4.78 is 1.66. The zero-order valence-corrected chi connectivity index (χ0v) is 14.0. The Morgan fingerprint density at radius 3 is 2.78 bits per heavy atom. The Labute approximate surface area is 140 Å². The molecule has 1 aromatic carbocycles. The van der Waals surface area contributed by atoms with Gasteiger partial charge in [0.1, 0.15) is 5.82 Å². The molecule has 0 atom stereocenters. The van der Waals surface area contributed by atoms with Crippen molar-refractivity contribution in [3.8, 4) is 5.69 Å². The van der Waals surface area contributed by atoms with Crippen LogP contribution in [-0.2, 0) is 0 Å². The molecule has 2 heterocycles. The maximum Gasteiger partial charge on any atom is 0.290 e. The fourth-order valence-electron chi connectivity index (χ4n) is 2.40. The Morgan fingerprint density at radius 2 is 2.17 bits per heavy atom. The van der Waals surface area contributed by atoms with Crippen LogP contribution in [0.4, 0.5) is 0 Å². The topological polar surface area (TPSA) is 71.8 Å². The van der Waals surface area contributed by atoms with Crippen LogP contribution >= 0.6 is 11.6 Å². The lowest BCUT2D eigenvalue weighted by molar-refractivity contribution is 0.0932. The maximum atomic E-state index is 12.3. The van der Waals surface area contributed by atoms with Crippen molar-refractivity contribution < 1.29 is 4.79 Å². The first-order valence-corrected chi connectivity index (χ1v) is 8.15. The summed E-state index contributed by atoms with van der Waals surface area (Å²) in [5.74, 6) is 1.27. The average molecular weight is 334 g/mol. The van der Waals surface area contributed by atoms with Gasteiger partial charge in [-0.2, -0.15) is 0 Å². The first-order chi connectivity index (χ1) is 11.1. The molecule has 23 heavy (non-hydrogen) atoms. The van der Waals surface area contributed by atoms with E-state index in [1.807, 2.05) is 32.0 Å². The highest BCUT2D eigenvalue weighted by atomic mass is 35.5. The third-order valence-electron chi connectivity index (χ3n) is 3.85. The molecule has 0 unspecified atom stereocenters. The number of rotatable bonds is 5. The second-order valence-corrected chi connectivity index (χ2v) is 6.45. The van der Waals surface area contributed by atoms with Gasteiger partial charge in [-0.25, -0.2) is 9.67 Å². The molecule has 6 nitrogen and oxygen atoms in total. The van der Waals surface area contributed by atoms with Gasteiger partial charge in [-0.3, -0.25) is 4.79 Å². The number of nitrogens with zero attached hydrogens (tertiary/aromatic N) is 3. The molecule has 3 rings (SSSR count). The molecule has 1 saturated heterocycles. The quantitative estimate of drug-likeness (QED) is 0.877. The summed E-state index contributed by atoms with van der Waals surface area (Å²) in [5.41, 5.74) is 0.729. The van der Waals surface area contributed by atoms with Gasteiger partial charge in [-0.05, 0) is 12.1 Å². The molecule has 0 aliphatic carbocycles. The SMILES string of the molecule is CC(C)c1nc(C(=O)NCC2CNC2)nn1-c1ccccc1Cl. The van der Waals surface area contributed by atoms with Crippen molar-refractivity contribution >= 4 is 17.5 Å². The van der Waals surface area contributed by atoms with Gasteiger partial charge in [-0.1, -0.05) is 37.6 Å². The molecule has 1 fully saturated rings. The summed E-state index contributed by atoms with van der Waals surface area (Å²) in [6, 6.07) is 7.41. The van der Waals surface area contributed by atoms with E-state index in [2.05, 4.69) is 20.7 Å². The highest BCUT2D eigenvalue weighted by Crippen LogP contribution is 2.23. The van der Waals surface area contributed by atoms with Crippen molar-refractivity contribution in [2.24, 2.45) is 5.92 Å². The van der Waals surface area contributed by atoms with Gasteiger partial charge in [0.2, 0.25) is 5.82 Å². The molecule has 0 spiro atoms. The fraction of sp³-hybridized carbons (Fsp3) is 0.438. The summed E-state index contributed by atoms with van der Waals surface area (Å²) in [7, 11) is 0. The summed E-state index contributed by atoms with van der Waals surface area (Å²) in [6.45, 7) is 6.56. The first-order valence-electron chi connectivity index (χ1n) is 7.77. The maximum absolute atomic E-state index is 12.3. The Balaban J connectivity index is 1.86. The van der Waals surface area contributed by atoms with Crippen LogP contribution in [0.5, 0.6) is 0 Å². The lowest BCUT2D eigenvalue weighted by Crippen LogP contribution is -2.48. The number of hydrogen-bond donors (Lipinski definition) is 2. The van der Waals surface area contributed by atoms with Gasteiger partial charge in [0.15, 0.2) is 0 Å². The fourth-order valence-corrected chi connectivity index (χ4v) is 2.62. The van der Waals surface area contributed by atoms with Gasteiger partial charge in [0.25, 0.3) is 5.91 Å². The Bertz CT molecular complexity index is 708. The van der Waals surface area contributed by atoms with E-state index in [-0.39, 0.29) is 17.6 Å². The predicted molar refractivity (Wildman–Crippen MR) is 89.2 cm³/mol. The van der Waals surface area contributed by atoms with Crippen molar-refractivity contribution in [3.05, 3.63) is 40.9 Å². The zero-order chi connectivity index (χ0) is 16.4. The Morgan fingerprint density at radius 1 is 1.43 bits per heavy atom. The minimum atomic E-state index is -0.246. The number of amides is 1. The molecule has 7 heteroatoms. The number of hydrogen-bond acceptors (Lipinski definition) is 4. The van der Waals surface area contributed by atoms with Crippen molar-refractivity contribution in [2.75, 3.05) is 19.6 Å². The Kier molecular flexibility index (Phi) is 4.63. The summed E-state index contributed by atoms with van der Waals surface area (Å²) in [4.78, 5) is 16.7. The minimum Gasteiger partial charge on any atom is -0.349 e. The van der Waals surface area contributed by atoms with E-state index < -0.39 is 0 Å². The molecule has 1 aliphatic rings. The van der Waals surface area contributed by atoms with E-state index >= 15 is 0 Å². The lowest BCUT2D eigenvalue weighted by Gasteiger charge is -2.26. The van der Waals surface area contributed by atoms with Crippen LogP contribution in [0.15, 0.2) is 24.3 Å². The smallest absolute Gasteiger partial charge is 0.290 e. The second kappa shape index (κ2) is 6.68. The van der Waals surface area contributed by atoms with Gasteiger partial charge in [-0.15, -0.1) is 5.10 Å². The molecule has 1 aliphatic heterocycles. The number of para-hydroxylation sites is 1. The van der Waals surface area contributed by atoms with E-state index in [9.17, 15) is 4.79 Å². The predicted octanol–water partition coefficient (Wildman–Crippen LogP) is 1.99. The van der Waals surface area contributed by atoms with Gasteiger partial charge in [0.05, 0.1) is 10.7 Å². The van der Waals surface area contributed by atoms with E-state index in [0.29, 0.717) is 23.3 Å². The standard InChI is InChI=1S/C16H20ClN5O/c1-10(2)15-20-14(16(23)19-9-11-7-18-8-11)21-22(15)13-6-4-3-5-12(13)17/h3-6,10-11,18H,7-9H2,1-2H3,(H,19,23). The molecular formula is C16H20ClN5O. The van der Waals surface area contributed by atoms with E-state index in [4.69, 9.17) is 11.6 Å². The zero-order valence-electron chi connectivity index (χ0n) is 13.2. The van der Waals surface area contributed by atoms with Gasteiger partial charge in [0, 0.05) is 31.5 Å². The van der Waals surface area contributed by atoms with E-state index in [0.717, 1.165) is 18.8 Å². The van der Waals surface area contributed by atoms with Crippen molar-refractivity contribution in [2.45, 2.75) is 19.8 Å². The molecular weight excluding hydrogens is 314 g/mol. The highest BCUT2D eigenvalue weighted by molar-refractivity contribution is 6.32. The number of benzene rings is 1. The number of aromatic nitrogens is 3. The van der Waals surface area contributed by atoms with Crippen LogP contribution in [0.3, 0.4) is 0 Å². The average Bonchev–Trinajstić information content (AvgIpc) is 2.91. The normalized spacial score (nSPS) is 14.8. The Hall–Kier alpha value is -1.92. The lowest BCUT2D eigenvalue weighted by atomic mass is 10.0. The van der Waals surface area contributed by atoms with Crippen molar-refractivity contribution in [1.29, 1.82) is 0 Å². The third kappa shape index (κ3) is 3.38. The van der Waals surface area contributed by atoms with Crippen LogP contribution in [0.2, 0.25) is 5.02 Å². The van der Waals surface area contributed by atoms with Crippen molar-refractivity contribution in [1.82, 2.24) is 25.4 Å². The number of halogens is 1. The minimum absolute atomic E-state index is 0.121. The van der Waals surface area contributed by atoms with Crippen LogP contribution in [0.1, 0.15) is 36.2 Å². The molecule has 0 saturated carbocycles. The third-order valence-corrected chi connectivity index (χ3v) is 4.17.